The van der Waals surface area contributed by atoms with Crippen molar-refractivity contribution in [2.24, 2.45) is 11.0 Å². The molecule has 2 N–H and O–H groups in total. The van der Waals surface area contributed by atoms with Crippen molar-refractivity contribution in [3.05, 3.63) is 87.4 Å². The maximum Gasteiger partial charge on any atom is 0.252 e. The summed E-state index contributed by atoms with van der Waals surface area (Å²) < 4.78 is 12.3. The molecule has 3 rings (SSSR count). The summed E-state index contributed by atoms with van der Waals surface area (Å²) in [6.45, 7) is 4.21. The number of carbonyl (C=O) groups is 2. The normalized spacial score (nSPS) is 11.7. The quantitative estimate of drug-likeness (QED) is 0.187. The summed E-state index contributed by atoms with van der Waals surface area (Å²) in [6, 6.07) is 19.9. The first-order valence-electron chi connectivity index (χ1n) is 10.9. The van der Waals surface area contributed by atoms with Gasteiger partial charge in [0.1, 0.15) is 12.5 Å². The Morgan fingerprint density at radius 3 is 2.49 bits per heavy atom. The fraction of sp³-hybridized carbons (Fsp3) is 0.192. The summed E-state index contributed by atoms with van der Waals surface area (Å²) in [5.74, 6) is -0.774. The lowest BCUT2D eigenvalue weighted by Gasteiger charge is -2.13. The van der Waals surface area contributed by atoms with Gasteiger partial charge in [-0.2, -0.15) is 5.10 Å². The Labute approximate surface area is 217 Å². The van der Waals surface area contributed by atoms with Crippen LogP contribution in [0.1, 0.15) is 25.0 Å². The first kappa shape index (κ1) is 26.2. The molecule has 0 radical (unpaired) electrons. The third-order valence-electron chi connectivity index (χ3n) is 4.88. The lowest BCUT2D eigenvalue weighted by atomic mass is 10.1. The molecule has 0 aromatic heterocycles. The van der Waals surface area contributed by atoms with Gasteiger partial charge in [-0.3, -0.25) is 9.59 Å². The zero-order valence-corrected chi connectivity index (χ0v) is 21.6. The largest absolute Gasteiger partial charge is 0.490 e. The van der Waals surface area contributed by atoms with Crippen molar-refractivity contribution >= 4 is 51.2 Å². The summed E-state index contributed by atoms with van der Waals surface area (Å²) in [5.41, 5.74) is 4.66. The average Bonchev–Trinajstić information content (AvgIpc) is 2.85. The topological polar surface area (TPSA) is 89.0 Å². The van der Waals surface area contributed by atoms with Crippen LogP contribution in [0.5, 0.6) is 11.5 Å². The van der Waals surface area contributed by atoms with E-state index in [1.807, 2.05) is 37.3 Å². The molecule has 1 atom stereocenters. The van der Waals surface area contributed by atoms with Crippen LogP contribution >= 0.6 is 27.5 Å². The number of amides is 2. The van der Waals surface area contributed by atoms with Gasteiger partial charge in [-0.15, -0.1) is 0 Å². The van der Waals surface area contributed by atoms with Crippen LogP contribution in [-0.4, -0.2) is 24.6 Å². The molecular weight excluding hydrogens is 534 g/mol. The number of ether oxygens (including phenoxy) is 2. The number of nitrogens with one attached hydrogen (secondary N) is 2. The summed E-state index contributed by atoms with van der Waals surface area (Å²) in [7, 11) is 0. The van der Waals surface area contributed by atoms with E-state index in [0.29, 0.717) is 41.0 Å². The highest BCUT2D eigenvalue weighted by Crippen LogP contribution is 2.29. The van der Waals surface area contributed by atoms with Gasteiger partial charge in [0.15, 0.2) is 11.5 Å². The first-order chi connectivity index (χ1) is 16.9. The number of benzene rings is 3. The summed E-state index contributed by atoms with van der Waals surface area (Å²) in [6.07, 6.45) is 1.47. The van der Waals surface area contributed by atoms with E-state index in [4.69, 9.17) is 21.1 Å². The number of nitrogens with zero attached hydrogens (tertiary/aromatic N) is 1. The maximum atomic E-state index is 12.4. The molecular formula is C26H25BrClN3O4. The summed E-state index contributed by atoms with van der Waals surface area (Å²) in [5, 5.41) is 7.36. The molecule has 9 heteroatoms. The minimum absolute atomic E-state index is 0.361. The predicted molar refractivity (Wildman–Crippen MR) is 141 cm³/mol. The molecule has 35 heavy (non-hydrogen) atoms. The molecule has 0 saturated carbocycles. The maximum absolute atomic E-state index is 12.4. The Hall–Kier alpha value is -3.36. The van der Waals surface area contributed by atoms with Crippen molar-refractivity contribution in [2.75, 3.05) is 11.9 Å². The molecule has 1 unspecified atom stereocenters. The van der Waals surface area contributed by atoms with Crippen molar-refractivity contribution < 1.29 is 19.1 Å². The second-order valence-electron chi connectivity index (χ2n) is 7.48. The molecule has 0 fully saturated rings. The van der Waals surface area contributed by atoms with Crippen LogP contribution in [0.25, 0.3) is 0 Å². The minimum atomic E-state index is -0.943. The van der Waals surface area contributed by atoms with Gasteiger partial charge in [-0.25, -0.2) is 5.43 Å². The van der Waals surface area contributed by atoms with Crippen molar-refractivity contribution in [2.45, 2.75) is 20.5 Å². The molecule has 0 saturated heterocycles. The number of rotatable bonds is 10. The van der Waals surface area contributed by atoms with E-state index >= 15 is 0 Å². The summed E-state index contributed by atoms with van der Waals surface area (Å²) >= 11 is 9.29. The molecule has 0 heterocycles. The third-order valence-corrected chi connectivity index (χ3v) is 5.83. The van der Waals surface area contributed by atoms with Gasteiger partial charge in [0.05, 0.1) is 18.5 Å². The van der Waals surface area contributed by atoms with Crippen LogP contribution in [0.4, 0.5) is 5.69 Å². The van der Waals surface area contributed by atoms with Crippen molar-refractivity contribution in [3.63, 3.8) is 0 Å². The number of halogens is 2. The number of hydrogen-bond acceptors (Lipinski definition) is 5. The van der Waals surface area contributed by atoms with Crippen LogP contribution in [0.3, 0.4) is 0 Å². The molecule has 3 aromatic carbocycles. The summed E-state index contributed by atoms with van der Waals surface area (Å²) in [4.78, 5) is 24.8. The highest BCUT2D eigenvalue weighted by molar-refractivity contribution is 9.10. The Morgan fingerprint density at radius 1 is 1.03 bits per heavy atom. The van der Waals surface area contributed by atoms with Crippen molar-refractivity contribution in [3.8, 4) is 11.5 Å². The van der Waals surface area contributed by atoms with Gasteiger partial charge in [-0.1, -0.05) is 35.9 Å². The monoisotopic (exact) mass is 557 g/mol. The lowest BCUT2D eigenvalue weighted by Crippen LogP contribution is -2.34. The molecule has 0 aliphatic heterocycles. The van der Waals surface area contributed by atoms with Gasteiger partial charge in [-0.05, 0) is 83.4 Å². The molecule has 2 amide bonds. The SMILES string of the molecule is CCOc1cc(C=NNC(=O)C(C)C(=O)Nc2ccccc2Br)ccc1OCc1ccc(Cl)cc1. The number of hydrazone groups is 1. The van der Waals surface area contributed by atoms with Gasteiger partial charge in [0.25, 0.3) is 5.91 Å². The van der Waals surface area contributed by atoms with Crippen LogP contribution in [0.15, 0.2) is 76.3 Å². The van der Waals surface area contributed by atoms with E-state index in [1.54, 1.807) is 36.4 Å². The second kappa shape index (κ2) is 12.9. The predicted octanol–water partition coefficient (Wildman–Crippen LogP) is 5.81. The van der Waals surface area contributed by atoms with E-state index in [2.05, 4.69) is 31.8 Å². The van der Waals surface area contributed by atoms with E-state index in [9.17, 15) is 9.59 Å². The first-order valence-corrected chi connectivity index (χ1v) is 12.1. The zero-order chi connectivity index (χ0) is 25.2. The van der Waals surface area contributed by atoms with Gasteiger partial charge in [0, 0.05) is 9.50 Å². The molecule has 7 nitrogen and oxygen atoms in total. The van der Waals surface area contributed by atoms with Crippen LogP contribution in [-0.2, 0) is 16.2 Å². The van der Waals surface area contributed by atoms with E-state index in [0.717, 1.165) is 10.0 Å². The average molecular weight is 559 g/mol. The second-order valence-corrected chi connectivity index (χ2v) is 8.77. The fourth-order valence-corrected chi connectivity index (χ4v) is 3.43. The lowest BCUT2D eigenvalue weighted by molar-refractivity contribution is -0.131. The Bertz CT molecular complexity index is 1200. The minimum Gasteiger partial charge on any atom is -0.490 e. The Kier molecular flexibility index (Phi) is 9.69. The van der Waals surface area contributed by atoms with Crippen molar-refractivity contribution in [1.29, 1.82) is 0 Å². The number of carbonyl (C=O) groups excluding carboxylic acids is 2. The van der Waals surface area contributed by atoms with Gasteiger partial charge < -0.3 is 14.8 Å². The number of para-hydroxylation sites is 1. The molecule has 0 bridgehead atoms. The number of hydrogen-bond donors (Lipinski definition) is 2. The van der Waals surface area contributed by atoms with Crippen LogP contribution < -0.4 is 20.2 Å². The highest BCUT2D eigenvalue weighted by atomic mass is 79.9. The molecule has 0 aliphatic rings. The smallest absolute Gasteiger partial charge is 0.252 e. The standard InChI is InChI=1S/C26H25BrClN3O4/c1-3-34-24-14-19(10-13-23(24)35-16-18-8-11-20(28)12-9-18)15-29-31-26(33)17(2)25(32)30-22-7-5-4-6-21(22)27/h4-15,17H,3,16H2,1-2H3,(H,30,32)(H,31,33). The molecule has 3 aromatic rings. The fourth-order valence-electron chi connectivity index (χ4n) is 2.92. The van der Waals surface area contributed by atoms with Crippen LogP contribution in [0, 0.1) is 5.92 Å². The van der Waals surface area contributed by atoms with E-state index in [1.165, 1.54) is 13.1 Å². The Morgan fingerprint density at radius 2 is 1.77 bits per heavy atom. The third kappa shape index (κ3) is 7.83. The molecule has 0 spiro atoms. The van der Waals surface area contributed by atoms with Crippen molar-refractivity contribution in [1.82, 2.24) is 5.43 Å². The highest BCUT2D eigenvalue weighted by Gasteiger charge is 2.21. The van der Waals surface area contributed by atoms with Gasteiger partial charge in [0.2, 0.25) is 5.91 Å². The molecule has 182 valence electrons. The molecule has 0 aliphatic carbocycles. The number of anilines is 1. The van der Waals surface area contributed by atoms with Crippen LogP contribution in [0.2, 0.25) is 5.02 Å². The van der Waals surface area contributed by atoms with E-state index < -0.39 is 17.7 Å². The van der Waals surface area contributed by atoms with E-state index in [-0.39, 0.29) is 0 Å². The Balaban J connectivity index is 1.58. The zero-order valence-electron chi connectivity index (χ0n) is 19.3. The van der Waals surface area contributed by atoms with Gasteiger partial charge >= 0.3 is 0 Å².